The van der Waals surface area contributed by atoms with Gasteiger partial charge in [-0.15, -0.1) is 0 Å². The number of nitrogens with one attached hydrogen (secondary N) is 2. The molecule has 0 heterocycles. The van der Waals surface area contributed by atoms with E-state index in [4.69, 9.17) is 10.6 Å². The molecule has 2 amide bonds. The van der Waals surface area contributed by atoms with E-state index in [2.05, 4.69) is 10.8 Å². The molecule has 0 aliphatic carbocycles. The van der Waals surface area contributed by atoms with Crippen LogP contribution in [0, 0.1) is 0 Å². The number of nitrogens with two attached hydrogens (primary N) is 1. The van der Waals surface area contributed by atoms with Crippen molar-refractivity contribution < 1.29 is 14.4 Å². The van der Waals surface area contributed by atoms with Crippen LogP contribution in [-0.4, -0.2) is 30.5 Å². The molecule has 82 valence electrons. The van der Waals surface area contributed by atoms with Crippen LogP contribution < -0.4 is 16.5 Å². The minimum Gasteiger partial charge on any atom is -0.346 e. The Kier molecular flexibility index (Phi) is 5.11. The van der Waals surface area contributed by atoms with Crippen LogP contribution >= 0.6 is 0 Å². The normalized spacial score (nSPS) is 10.9. The quantitative estimate of drug-likeness (QED) is 0.506. The van der Waals surface area contributed by atoms with Gasteiger partial charge in [0.2, 0.25) is 5.91 Å². The van der Waals surface area contributed by atoms with Crippen molar-refractivity contribution in [1.82, 2.24) is 10.8 Å². The molecule has 0 atom stereocenters. The summed E-state index contributed by atoms with van der Waals surface area (Å²) in [6.07, 6.45) is 0. The zero-order valence-corrected chi connectivity index (χ0v) is 8.72. The second kappa shape index (κ2) is 5.56. The summed E-state index contributed by atoms with van der Waals surface area (Å²) in [4.78, 5) is 26.7. The van der Waals surface area contributed by atoms with Gasteiger partial charge in [0.15, 0.2) is 0 Å². The van der Waals surface area contributed by atoms with Gasteiger partial charge in [-0.2, -0.15) is 0 Å². The summed E-state index contributed by atoms with van der Waals surface area (Å²) in [5.41, 5.74) is 6.78. The minimum absolute atomic E-state index is 0.132. The SMILES string of the molecule is CC(C)(C)ONC(=O)CNC(=O)CN. The Morgan fingerprint density at radius 2 is 1.86 bits per heavy atom. The molecule has 0 aromatic rings. The molecular formula is C8H17N3O3. The molecule has 0 fully saturated rings. The molecule has 14 heavy (non-hydrogen) atoms. The van der Waals surface area contributed by atoms with E-state index in [-0.39, 0.29) is 19.0 Å². The maximum Gasteiger partial charge on any atom is 0.262 e. The van der Waals surface area contributed by atoms with Gasteiger partial charge in [-0.25, -0.2) is 5.48 Å². The fraction of sp³-hybridized carbons (Fsp3) is 0.750. The second-order valence-electron chi connectivity index (χ2n) is 3.72. The molecule has 6 nitrogen and oxygen atoms in total. The van der Waals surface area contributed by atoms with E-state index in [1.165, 1.54) is 0 Å². The molecule has 0 aromatic carbocycles. The standard InChI is InChI=1S/C8H17N3O3/c1-8(2,3)14-11-7(13)5-10-6(12)4-9/h4-5,9H2,1-3H3,(H,10,12)(H,11,13). The molecule has 0 bridgehead atoms. The van der Waals surface area contributed by atoms with Gasteiger partial charge in [0, 0.05) is 0 Å². The molecule has 0 aromatic heterocycles. The van der Waals surface area contributed by atoms with Crippen LogP contribution in [0.5, 0.6) is 0 Å². The zero-order chi connectivity index (χ0) is 11.2. The molecule has 0 saturated carbocycles. The van der Waals surface area contributed by atoms with Gasteiger partial charge >= 0.3 is 0 Å². The predicted octanol–water partition coefficient (Wildman–Crippen LogP) is -1.09. The third-order valence-corrected chi connectivity index (χ3v) is 1.10. The summed E-state index contributed by atoms with van der Waals surface area (Å²) in [5, 5.41) is 2.31. The summed E-state index contributed by atoms with van der Waals surface area (Å²) in [6.45, 7) is 5.13. The van der Waals surface area contributed by atoms with Gasteiger partial charge in [0.05, 0.1) is 18.7 Å². The van der Waals surface area contributed by atoms with Crippen molar-refractivity contribution >= 4 is 11.8 Å². The van der Waals surface area contributed by atoms with Crippen LogP contribution in [0.3, 0.4) is 0 Å². The van der Waals surface area contributed by atoms with Crippen molar-refractivity contribution in [1.29, 1.82) is 0 Å². The smallest absolute Gasteiger partial charge is 0.262 e. The van der Waals surface area contributed by atoms with E-state index in [0.717, 1.165) is 0 Å². The number of carbonyl (C=O) groups excluding carboxylic acids is 2. The van der Waals surface area contributed by atoms with Crippen molar-refractivity contribution in [2.45, 2.75) is 26.4 Å². The fourth-order valence-corrected chi connectivity index (χ4v) is 0.497. The molecule has 0 saturated heterocycles. The molecule has 0 unspecified atom stereocenters. The lowest BCUT2D eigenvalue weighted by molar-refractivity contribution is -0.145. The number of hydrogen-bond acceptors (Lipinski definition) is 4. The van der Waals surface area contributed by atoms with E-state index in [1.54, 1.807) is 20.8 Å². The fourth-order valence-electron chi connectivity index (χ4n) is 0.497. The maximum absolute atomic E-state index is 11.0. The van der Waals surface area contributed by atoms with E-state index in [0.29, 0.717) is 0 Å². The molecule has 0 rings (SSSR count). The third-order valence-electron chi connectivity index (χ3n) is 1.10. The van der Waals surface area contributed by atoms with Crippen molar-refractivity contribution in [3.63, 3.8) is 0 Å². The van der Waals surface area contributed by atoms with Crippen LogP contribution in [0.25, 0.3) is 0 Å². The van der Waals surface area contributed by atoms with Gasteiger partial charge < -0.3 is 11.1 Å². The molecule has 0 spiro atoms. The molecule has 6 heteroatoms. The monoisotopic (exact) mass is 203 g/mol. The lowest BCUT2D eigenvalue weighted by Gasteiger charge is -2.18. The van der Waals surface area contributed by atoms with Gasteiger partial charge in [-0.05, 0) is 20.8 Å². The second-order valence-corrected chi connectivity index (χ2v) is 3.72. The third kappa shape index (κ3) is 7.51. The van der Waals surface area contributed by atoms with Crippen molar-refractivity contribution in [2.24, 2.45) is 5.73 Å². The lowest BCUT2D eigenvalue weighted by atomic mass is 10.2. The zero-order valence-electron chi connectivity index (χ0n) is 8.72. The van der Waals surface area contributed by atoms with Crippen molar-refractivity contribution in [3.8, 4) is 0 Å². The maximum atomic E-state index is 11.0. The summed E-state index contributed by atoms with van der Waals surface area (Å²) in [5.74, 6) is -0.794. The summed E-state index contributed by atoms with van der Waals surface area (Å²) < 4.78 is 0. The summed E-state index contributed by atoms with van der Waals surface area (Å²) in [6, 6.07) is 0. The number of amides is 2. The minimum atomic E-state index is -0.451. The highest BCUT2D eigenvalue weighted by atomic mass is 16.7. The Balaban J connectivity index is 3.62. The average Bonchev–Trinajstić information content (AvgIpc) is 2.09. The van der Waals surface area contributed by atoms with Gasteiger partial charge in [-0.3, -0.25) is 14.4 Å². The lowest BCUT2D eigenvalue weighted by Crippen LogP contribution is -2.42. The Morgan fingerprint density at radius 3 is 2.29 bits per heavy atom. The van der Waals surface area contributed by atoms with Gasteiger partial charge in [0.25, 0.3) is 5.91 Å². The molecule has 0 aliphatic rings. The van der Waals surface area contributed by atoms with Crippen LogP contribution in [0.1, 0.15) is 20.8 Å². The highest BCUT2D eigenvalue weighted by Crippen LogP contribution is 2.02. The highest BCUT2D eigenvalue weighted by molar-refractivity contribution is 5.84. The van der Waals surface area contributed by atoms with Crippen LogP contribution in [0.4, 0.5) is 0 Å². The van der Waals surface area contributed by atoms with Crippen LogP contribution in [0.15, 0.2) is 0 Å². The Hall–Kier alpha value is -1.14. The highest BCUT2D eigenvalue weighted by Gasteiger charge is 2.12. The van der Waals surface area contributed by atoms with Crippen molar-refractivity contribution in [2.75, 3.05) is 13.1 Å². The van der Waals surface area contributed by atoms with Crippen LogP contribution in [-0.2, 0) is 14.4 Å². The Morgan fingerprint density at radius 1 is 1.29 bits per heavy atom. The largest absolute Gasteiger partial charge is 0.346 e. The van der Waals surface area contributed by atoms with Crippen LogP contribution in [0.2, 0.25) is 0 Å². The first-order chi connectivity index (χ1) is 6.35. The summed E-state index contributed by atoms with van der Waals surface area (Å²) in [7, 11) is 0. The molecular weight excluding hydrogens is 186 g/mol. The molecule has 0 aliphatic heterocycles. The van der Waals surface area contributed by atoms with E-state index >= 15 is 0 Å². The van der Waals surface area contributed by atoms with E-state index < -0.39 is 11.5 Å². The first kappa shape index (κ1) is 12.9. The van der Waals surface area contributed by atoms with Gasteiger partial charge in [-0.1, -0.05) is 0 Å². The average molecular weight is 203 g/mol. The van der Waals surface area contributed by atoms with E-state index in [1.807, 2.05) is 0 Å². The van der Waals surface area contributed by atoms with E-state index in [9.17, 15) is 9.59 Å². The predicted molar refractivity (Wildman–Crippen MR) is 51.0 cm³/mol. The van der Waals surface area contributed by atoms with Gasteiger partial charge in [0.1, 0.15) is 0 Å². The molecule has 0 radical (unpaired) electrons. The molecule has 4 N–H and O–H groups in total. The Bertz CT molecular complexity index is 210. The number of hydrogen-bond donors (Lipinski definition) is 3. The Labute approximate surface area is 83.1 Å². The number of rotatable bonds is 4. The first-order valence-electron chi connectivity index (χ1n) is 4.29. The first-order valence-corrected chi connectivity index (χ1v) is 4.29. The number of carbonyl (C=O) groups is 2. The topological polar surface area (TPSA) is 93.5 Å². The van der Waals surface area contributed by atoms with Crippen molar-refractivity contribution in [3.05, 3.63) is 0 Å². The number of hydroxylamine groups is 1. The summed E-state index contributed by atoms with van der Waals surface area (Å²) >= 11 is 0.